The maximum absolute atomic E-state index is 11.7. The highest BCUT2D eigenvalue weighted by Gasteiger charge is 2.14. The molecule has 0 aliphatic carbocycles. The summed E-state index contributed by atoms with van der Waals surface area (Å²) in [7, 11) is -6.74. The summed E-state index contributed by atoms with van der Waals surface area (Å²) < 4.78 is 45.4. The molecule has 0 saturated carbocycles. The molecule has 0 N–H and O–H groups in total. The van der Waals surface area contributed by atoms with E-state index in [1.807, 2.05) is 0 Å². The van der Waals surface area contributed by atoms with Gasteiger partial charge in [-0.1, -0.05) is 18.2 Å². The lowest BCUT2D eigenvalue weighted by molar-refractivity contribution is 0.108. The predicted octanol–water partition coefficient (Wildman–Crippen LogP) is 1.53. The van der Waals surface area contributed by atoms with E-state index in [1.165, 1.54) is 30.4 Å². The van der Waals surface area contributed by atoms with E-state index >= 15 is 0 Å². The van der Waals surface area contributed by atoms with E-state index < -0.39 is 24.9 Å². The minimum atomic E-state index is -3.57. The molecule has 0 aliphatic rings. The third kappa shape index (κ3) is 5.07. The van der Waals surface area contributed by atoms with Crippen LogP contribution in [0.3, 0.4) is 0 Å². The van der Waals surface area contributed by atoms with Gasteiger partial charge in [-0.05, 0) is 29.3 Å². The highest BCUT2D eigenvalue weighted by Crippen LogP contribution is 2.20. The van der Waals surface area contributed by atoms with Crippen LogP contribution in [0.2, 0.25) is 0 Å². The van der Waals surface area contributed by atoms with E-state index in [1.54, 1.807) is 0 Å². The van der Waals surface area contributed by atoms with Crippen LogP contribution in [0.5, 0.6) is 0 Å². The van der Waals surface area contributed by atoms with Crippen LogP contribution in [0.4, 0.5) is 0 Å². The quantitative estimate of drug-likeness (QED) is 0.761. The summed E-state index contributed by atoms with van der Waals surface area (Å²) in [4.78, 5) is 11.0. The summed E-state index contributed by atoms with van der Waals surface area (Å²) in [5, 5.41) is -0.762. The second-order valence-electron chi connectivity index (χ2n) is 4.29. The van der Waals surface area contributed by atoms with Gasteiger partial charge < -0.3 is 0 Å². The van der Waals surface area contributed by atoms with Gasteiger partial charge in [-0.3, -0.25) is 4.79 Å². The summed E-state index contributed by atoms with van der Waals surface area (Å²) in [5.41, 5.74) is 0.366. The van der Waals surface area contributed by atoms with Gasteiger partial charge in [-0.15, -0.1) is 0 Å². The average Bonchev–Trinajstić information content (AvgIpc) is 2.25. The summed E-state index contributed by atoms with van der Waals surface area (Å²) in [5.74, 6) is -0.202. The Morgan fingerprint density at radius 3 is 2.25 bits per heavy atom. The largest absolute Gasteiger partial charge is 0.276 e. The van der Waals surface area contributed by atoms with Gasteiger partial charge in [0, 0.05) is 18.1 Å². The molecule has 0 fully saturated rings. The van der Waals surface area contributed by atoms with Gasteiger partial charge in [0.1, 0.15) is 0 Å². The topological polar surface area (TPSA) is 85.3 Å². The fraction of sp³-hybridized carbons (Fsp3) is 0.250. The molecule has 0 atom stereocenters. The van der Waals surface area contributed by atoms with Gasteiger partial charge in [-0.25, -0.2) is 16.8 Å². The Morgan fingerprint density at radius 2 is 1.80 bits per heavy atom. The molecule has 5 nitrogen and oxygen atoms in total. The van der Waals surface area contributed by atoms with Gasteiger partial charge >= 0.3 is 0 Å². The van der Waals surface area contributed by atoms with Crippen molar-refractivity contribution in [3.8, 4) is 0 Å². The van der Waals surface area contributed by atoms with Crippen LogP contribution in [0, 0.1) is 0 Å². The summed E-state index contributed by atoms with van der Waals surface area (Å²) in [6, 6.07) is 3.96. The van der Waals surface area contributed by atoms with Crippen molar-refractivity contribution in [2.45, 2.75) is 4.90 Å². The lowest BCUT2D eigenvalue weighted by atomic mass is 10.1. The fourth-order valence-corrected chi connectivity index (χ4v) is 2.93. The monoisotopic (exact) mass is 336 g/mol. The number of hydrogen-bond donors (Lipinski definition) is 0. The van der Waals surface area contributed by atoms with Crippen molar-refractivity contribution >= 4 is 42.6 Å². The Morgan fingerprint density at radius 1 is 1.20 bits per heavy atom. The maximum atomic E-state index is 11.7. The molecule has 1 aromatic carbocycles. The molecular weight excluding hydrogens is 324 g/mol. The van der Waals surface area contributed by atoms with E-state index in [4.69, 9.17) is 11.6 Å². The number of hydrogen-bond acceptors (Lipinski definition) is 5. The zero-order valence-corrected chi connectivity index (χ0v) is 13.2. The molecule has 0 amide bonds. The molecule has 0 unspecified atom stereocenters. The molecule has 20 heavy (non-hydrogen) atoms. The molecule has 0 aliphatic heterocycles. The van der Waals surface area contributed by atoms with Crippen molar-refractivity contribution in [2.24, 2.45) is 0 Å². The lowest BCUT2D eigenvalue weighted by Crippen LogP contribution is -2.03. The second kappa shape index (κ2) is 6.07. The molecule has 0 spiro atoms. The molecule has 0 aromatic heterocycles. The molecule has 0 heterocycles. The predicted molar refractivity (Wildman–Crippen MR) is 78.5 cm³/mol. The first-order valence-corrected chi connectivity index (χ1v) is 9.72. The minimum Gasteiger partial charge on any atom is -0.276 e. The molecule has 0 saturated heterocycles. The van der Waals surface area contributed by atoms with Crippen molar-refractivity contribution in [3.63, 3.8) is 0 Å². The van der Waals surface area contributed by atoms with E-state index in [0.29, 0.717) is 5.56 Å². The molecule has 0 bridgehead atoms. The Hall–Kier alpha value is -1.18. The molecule has 0 radical (unpaired) electrons. The van der Waals surface area contributed by atoms with Crippen molar-refractivity contribution in [3.05, 3.63) is 35.4 Å². The van der Waals surface area contributed by atoms with Crippen molar-refractivity contribution in [1.29, 1.82) is 0 Å². The Balaban J connectivity index is 3.30. The highest BCUT2D eigenvalue weighted by atomic mass is 35.5. The van der Waals surface area contributed by atoms with Crippen LogP contribution in [-0.4, -0.2) is 40.3 Å². The van der Waals surface area contributed by atoms with Crippen LogP contribution >= 0.6 is 11.6 Å². The van der Waals surface area contributed by atoms with Gasteiger partial charge in [-0.2, -0.15) is 0 Å². The van der Waals surface area contributed by atoms with Gasteiger partial charge in [0.05, 0.1) is 10.6 Å². The van der Waals surface area contributed by atoms with Crippen LogP contribution in [0.25, 0.3) is 6.08 Å². The van der Waals surface area contributed by atoms with E-state index in [9.17, 15) is 21.6 Å². The Kier molecular flexibility index (Phi) is 5.12. The second-order valence-corrected chi connectivity index (χ2v) is 8.81. The Bertz CT molecular complexity index is 761. The van der Waals surface area contributed by atoms with Gasteiger partial charge in [0.25, 0.3) is 5.24 Å². The number of sulfone groups is 2. The zero-order chi connectivity index (χ0) is 15.6. The molecule has 1 rings (SSSR count). The van der Waals surface area contributed by atoms with Crippen LogP contribution in [-0.2, 0) is 19.7 Å². The first-order valence-electron chi connectivity index (χ1n) is 5.39. The van der Waals surface area contributed by atoms with E-state index in [0.717, 1.165) is 12.5 Å². The van der Waals surface area contributed by atoms with Gasteiger partial charge in [0.15, 0.2) is 19.7 Å². The molecular formula is C12H13ClO5S2. The van der Waals surface area contributed by atoms with E-state index in [-0.39, 0.29) is 16.2 Å². The smallest absolute Gasteiger partial charge is 0.252 e. The number of benzene rings is 1. The van der Waals surface area contributed by atoms with Gasteiger partial charge in [0.2, 0.25) is 0 Å². The number of carbonyl (C=O) groups excluding carboxylic acids is 1. The van der Waals surface area contributed by atoms with E-state index in [2.05, 4.69) is 0 Å². The first-order chi connectivity index (χ1) is 9.00. The molecule has 8 heteroatoms. The zero-order valence-electron chi connectivity index (χ0n) is 10.8. The van der Waals surface area contributed by atoms with Crippen LogP contribution in [0.15, 0.2) is 29.2 Å². The van der Waals surface area contributed by atoms with Crippen molar-refractivity contribution in [2.75, 3.05) is 18.3 Å². The first kappa shape index (κ1) is 16.9. The SMILES string of the molecule is CS(=O)(=O)CC=Cc1ccc(C(=O)Cl)cc1S(C)(=O)=O. The van der Waals surface area contributed by atoms with Crippen LogP contribution in [0.1, 0.15) is 15.9 Å². The Labute approximate surface area is 123 Å². The fourth-order valence-electron chi connectivity index (χ4n) is 1.47. The maximum Gasteiger partial charge on any atom is 0.252 e. The lowest BCUT2D eigenvalue weighted by Gasteiger charge is -2.05. The normalized spacial score (nSPS) is 12.8. The number of rotatable bonds is 5. The number of halogens is 1. The summed E-state index contributed by atoms with van der Waals surface area (Å²) in [6.07, 6.45) is 4.81. The summed E-state index contributed by atoms with van der Waals surface area (Å²) in [6.45, 7) is 0. The number of carbonyl (C=O) groups is 1. The highest BCUT2D eigenvalue weighted by molar-refractivity contribution is 7.91. The summed E-state index contributed by atoms with van der Waals surface area (Å²) >= 11 is 5.31. The van der Waals surface area contributed by atoms with Crippen LogP contribution < -0.4 is 0 Å². The van der Waals surface area contributed by atoms with Crippen molar-refractivity contribution in [1.82, 2.24) is 0 Å². The third-order valence-electron chi connectivity index (χ3n) is 2.34. The van der Waals surface area contributed by atoms with Crippen molar-refractivity contribution < 1.29 is 21.6 Å². The molecule has 110 valence electrons. The minimum absolute atomic E-state index is 0.0624. The average molecular weight is 337 g/mol. The third-order valence-corrected chi connectivity index (χ3v) is 4.51. The standard InChI is InChI=1S/C12H13ClO5S2/c1-19(15,16)7-3-4-9-5-6-10(12(13)14)8-11(9)20(2,17)18/h3-6,8H,7H2,1-2H3. The molecule has 1 aromatic rings.